The second-order valence-electron chi connectivity index (χ2n) is 6.27. The lowest BCUT2D eigenvalue weighted by atomic mass is 10.1. The zero-order valence-corrected chi connectivity index (χ0v) is 16.2. The number of H-pyrrole nitrogens is 1. The lowest BCUT2D eigenvalue weighted by Gasteiger charge is -2.16. The van der Waals surface area contributed by atoms with E-state index in [1.807, 2.05) is 0 Å². The Kier molecular flexibility index (Phi) is 4.71. The van der Waals surface area contributed by atoms with E-state index in [1.165, 1.54) is 28.6 Å². The molecule has 1 N–H and O–H groups in total. The van der Waals surface area contributed by atoms with Crippen LogP contribution in [0.4, 0.5) is 8.78 Å². The number of alkyl halides is 2. The Labute approximate surface area is 168 Å². The van der Waals surface area contributed by atoms with E-state index in [2.05, 4.69) is 15.1 Å². The van der Waals surface area contributed by atoms with Gasteiger partial charge in [-0.15, -0.1) is 0 Å². The first-order valence-electron chi connectivity index (χ1n) is 8.51. The van der Waals surface area contributed by atoms with Crippen molar-refractivity contribution in [1.82, 2.24) is 24.3 Å². The van der Waals surface area contributed by atoms with Gasteiger partial charge in [-0.1, -0.05) is 12.1 Å². The van der Waals surface area contributed by atoms with Crippen LogP contribution in [-0.2, 0) is 7.05 Å². The average Bonchev–Trinajstić information content (AvgIpc) is 3.13. The summed E-state index contributed by atoms with van der Waals surface area (Å²) in [5.74, 6) is 0.448. The molecule has 4 aromatic rings. The predicted molar refractivity (Wildman–Crippen MR) is 106 cm³/mol. The van der Waals surface area contributed by atoms with Crippen LogP contribution in [0, 0.1) is 4.77 Å². The molecule has 0 aliphatic heterocycles. The monoisotopic (exact) mass is 415 g/mol. The maximum Gasteiger partial charge on any atom is 0.264 e. The van der Waals surface area contributed by atoms with Gasteiger partial charge in [-0.3, -0.25) is 19.0 Å². The molecule has 0 fully saturated rings. The minimum Gasteiger partial charge on any atom is -0.495 e. The van der Waals surface area contributed by atoms with Crippen LogP contribution < -0.4 is 10.3 Å². The molecule has 3 heterocycles. The summed E-state index contributed by atoms with van der Waals surface area (Å²) >= 11 is 5.34. The van der Waals surface area contributed by atoms with E-state index in [0.29, 0.717) is 17.0 Å². The molecule has 0 saturated carbocycles. The van der Waals surface area contributed by atoms with Crippen molar-refractivity contribution in [3.63, 3.8) is 0 Å². The molecular formula is C19H15F2N5O2S. The van der Waals surface area contributed by atoms with Crippen molar-refractivity contribution in [2.75, 3.05) is 7.11 Å². The Balaban J connectivity index is 2.18. The van der Waals surface area contributed by atoms with E-state index < -0.39 is 17.5 Å². The molecule has 0 spiro atoms. The van der Waals surface area contributed by atoms with Crippen LogP contribution in [-0.4, -0.2) is 31.4 Å². The number of nitrogens with one attached hydrogen (secondary N) is 1. The molecule has 0 radical (unpaired) electrons. The van der Waals surface area contributed by atoms with E-state index >= 15 is 0 Å². The summed E-state index contributed by atoms with van der Waals surface area (Å²) in [4.78, 5) is 19.5. The van der Waals surface area contributed by atoms with Crippen LogP contribution in [0.25, 0.3) is 28.0 Å². The van der Waals surface area contributed by atoms with Gasteiger partial charge in [0.25, 0.3) is 12.0 Å². The SMILES string of the molecule is COc1ccccc1-n1c(=S)[nH]c(=O)c2c(C(F)F)cc(-c3cnn(C)c3)nc21. The number of aromatic amines is 1. The van der Waals surface area contributed by atoms with Crippen molar-refractivity contribution in [2.24, 2.45) is 7.05 Å². The first kappa shape index (κ1) is 18.9. The zero-order valence-electron chi connectivity index (χ0n) is 15.4. The zero-order chi connectivity index (χ0) is 20.7. The highest BCUT2D eigenvalue weighted by molar-refractivity contribution is 7.71. The molecule has 0 atom stereocenters. The lowest BCUT2D eigenvalue weighted by molar-refractivity contribution is 0.153. The van der Waals surface area contributed by atoms with Crippen molar-refractivity contribution in [1.29, 1.82) is 0 Å². The van der Waals surface area contributed by atoms with Crippen LogP contribution in [0.2, 0.25) is 0 Å². The molecule has 1 aromatic carbocycles. The van der Waals surface area contributed by atoms with Crippen molar-refractivity contribution in [3.05, 3.63) is 63.4 Å². The highest BCUT2D eigenvalue weighted by atomic mass is 32.1. The maximum absolute atomic E-state index is 13.9. The lowest BCUT2D eigenvalue weighted by Crippen LogP contribution is -2.17. The van der Waals surface area contributed by atoms with Gasteiger partial charge < -0.3 is 4.74 Å². The Morgan fingerprint density at radius 2 is 2.03 bits per heavy atom. The van der Waals surface area contributed by atoms with Crippen LogP contribution in [0.3, 0.4) is 0 Å². The summed E-state index contributed by atoms with van der Waals surface area (Å²) in [6.45, 7) is 0. The Hall–Kier alpha value is -3.40. The molecule has 0 aliphatic carbocycles. The molecular weight excluding hydrogens is 400 g/mol. The fourth-order valence-corrected chi connectivity index (χ4v) is 3.45. The molecule has 0 amide bonds. The number of fused-ring (bicyclic) bond motifs is 1. The number of benzene rings is 1. The van der Waals surface area contributed by atoms with Crippen molar-refractivity contribution in [3.8, 4) is 22.7 Å². The minimum atomic E-state index is -2.89. The second-order valence-corrected chi connectivity index (χ2v) is 6.65. The summed E-state index contributed by atoms with van der Waals surface area (Å²) in [7, 11) is 3.19. The molecule has 4 rings (SSSR count). The standard InChI is InChI=1S/C19H15F2N5O2S/c1-25-9-10(8-22-25)12-7-11(16(20)21)15-17(23-12)26(19(29)24-18(15)27)13-5-3-4-6-14(13)28-2/h3-9,16H,1-2H3,(H,24,27,29). The van der Waals surface area contributed by atoms with Gasteiger partial charge in [0.05, 0.1) is 30.1 Å². The highest BCUT2D eigenvalue weighted by Gasteiger charge is 2.22. The van der Waals surface area contributed by atoms with Crippen molar-refractivity contribution >= 4 is 23.3 Å². The molecule has 10 heteroatoms. The number of nitrogens with zero attached hydrogens (tertiary/aromatic N) is 4. The smallest absolute Gasteiger partial charge is 0.264 e. The third-order valence-electron chi connectivity index (χ3n) is 4.46. The van der Waals surface area contributed by atoms with Crippen LogP contribution >= 0.6 is 12.2 Å². The third-order valence-corrected chi connectivity index (χ3v) is 4.74. The van der Waals surface area contributed by atoms with E-state index in [9.17, 15) is 13.6 Å². The van der Waals surface area contributed by atoms with E-state index in [4.69, 9.17) is 17.0 Å². The van der Waals surface area contributed by atoms with Crippen LogP contribution in [0.15, 0.2) is 47.5 Å². The summed E-state index contributed by atoms with van der Waals surface area (Å²) < 4.78 is 36.2. The number of hydrogen-bond donors (Lipinski definition) is 1. The third kappa shape index (κ3) is 3.21. The number of aromatic nitrogens is 5. The van der Waals surface area contributed by atoms with E-state index in [-0.39, 0.29) is 21.5 Å². The quantitative estimate of drug-likeness (QED) is 0.513. The fourth-order valence-electron chi connectivity index (χ4n) is 3.17. The maximum atomic E-state index is 13.9. The normalized spacial score (nSPS) is 11.3. The largest absolute Gasteiger partial charge is 0.495 e. The Morgan fingerprint density at radius 3 is 2.69 bits per heavy atom. The van der Waals surface area contributed by atoms with Gasteiger partial charge in [-0.25, -0.2) is 13.8 Å². The summed E-state index contributed by atoms with van der Waals surface area (Å²) in [6.07, 6.45) is 0.274. The number of para-hydroxylation sites is 2. The number of halogens is 2. The summed E-state index contributed by atoms with van der Waals surface area (Å²) in [5.41, 5.74) is 0.112. The number of hydrogen-bond acceptors (Lipinski definition) is 5. The first-order chi connectivity index (χ1) is 13.9. The van der Waals surface area contributed by atoms with E-state index in [0.717, 1.165) is 0 Å². The first-order valence-corrected chi connectivity index (χ1v) is 8.92. The molecule has 7 nitrogen and oxygen atoms in total. The molecule has 0 unspecified atom stereocenters. The summed E-state index contributed by atoms with van der Waals surface area (Å²) in [5, 5.41) is 3.84. The number of aryl methyl sites for hydroxylation is 1. The second kappa shape index (κ2) is 7.21. The Bertz CT molecular complexity index is 1340. The van der Waals surface area contributed by atoms with E-state index in [1.54, 1.807) is 37.5 Å². The van der Waals surface area contributed by atoms with Gasteiger partial charge >= 0.3 is 0 Å². The molecule has 0 saturated heterocycles. The topological polar surface area (TPSA) is 77.7 Å². The number of pyridine rings is 1. The molecule has 29 heavy (non-hydrogen) atoms. The number of methoxy groups -OCH3 is 1. The average molecular weight is 415 g/mol. The van der Waals surface area contributed by atoms with Crippen LogP contribution in [0.1, 0.15) is 12.0 Å². The van der Waals surface area contributed by atoms with Crippen molar-refractivity contribution in [2.45, 2.75) is 6.43 Å². The molecule has 0 aliphatic rings. The minimum absolute atomic E-state index is 0.0138. The van der Waals surface area contributed by atoms with Gasteiger partial charge in [0.1, 0.15) is 5.75 Å². The fraction of sp³-hybridized carbons (Fsp3) is 0.158. The van der Waals surface area contributed by atoms with Gasteiger partial charge in [0.2, 0.25) is 0 Å². The summed E-state index contributed by atoms with van der Waals surface area (Å²) in [6, 6.07) is 8.11. The van der Waals surface area contributed by atoms with Gasteiger partial charge in [-0.05, 0) is 30.4 Å². The molecule has 3 aromatic heterocycles. The highest BCUT2D eigenvalue weighted by Crippen LogP contribution is 2.32. The van der Waals surface area contributed by atoms with Gasteiger partial charge in [0, 0.05) is 24.4 Å². The Morgan fingerprint density at radius 1 is 1.28 bits per heavy atom. The predicted octanol–water partition coefficient (Wildman–Crippen LogP) is 3.79. The van der Waals surface area contributed by atoms with Gasteiger partial charge in [0.15, 0.2) is 10.4 Å². The van der Waals surface area contributed by atoms with Crippen LogP contribution in [0.5, 0.6) is 5.75 Å². The number of rotatable bonds is 4. The molecule has 148 valence electrons. The van der Waals surface area contributed by atoms with Crippen molar-refractivity contribution < 1.29 is 13.5 Å². The number of ether oxygens (including phenoxy) is 1. The van der Waals surface area contributed by atoms with Gasteiger partial charge in [-0.2, -0.15) is 5.10 Å². The molecule has 0 bridgehead atoms.